The van der Waals surface area contributed by atoms with Crippen molar-refractivity contribution in [1.29, 1.82) is 0 Å². The summed E-state index contributed by atoms with van der Waals surface area (Å²) in [7, 11) is 1.69. The highest BCUT2D eigenvalue weighted by Crippen LogP contribution is 2.29. The number of oxazole rings is 1. The van der Waals surface area contributed by atoms with Gasteiger partial charge in [-0.2, -0.15) is 0 Å². The third-order valence-electron chi connectivity index (χ3n) is 4.07. The van der Waals surface area contributed by atoms with Gasteiger partial charge in [0.2, 0.25) is 0 Å². The molecule has 2 atom stereocenters. The molecule has 3 rings (SSSR count). The third-order valence-corrected chi connectivity index (χ3v) is 4.07. The minimum atomic E-state index is -0.355. The van der Waals surface area contributed by atoms with Crippen LogP contribution < -0.4 is 11.5 Å². The monoisotopic (exact) mass is 282 g/mol. The van der Waals surface area contributed by atoms with Crippen LogP contribution in [-0.2, 0) is 7.05 Å². The number of fused-ring (bicyclic) bond motifs is 1. The molecule has 1 aromatic heterocycles. The number of aryl methyl sites for hydroxylation is 1. The predicted molar refractivity (Wildman–Crippen MR) is 83.2 cm³/mol. The number of nitrogens with zero attached hydrogens (tertiary/aromatic N) is 1. The van der Waals surface area contributed by atoms with Gasteiger partial charge in [0.15, 0.2) is 5.58 Å². The highest BCUT2D eigenvalue weighted by atomic mass is 16.4. The number of nitrogens with two attached hydrogens (primary N) is 1. The van der Waals surface area contributed by atoms with Gasteiger partial charge in [0, 0.05) is 19.0 Å². The molecule has 0 bridgehead atoms. The molecule has 2 aromatic carbocycles. The molecule has 108 valence electrons. The van der Waals surface area contributed by atoms with Crippen molar-refractivity contribution in [1.82, 2.24) is 4.57 Å². The van der Waals surface area contributed by atoms with E-state index in [0.29, 0.717) is 5.58 Å². The van der Waals surface area contributed by atoms with Crippen molar-refractivity contribution in [2.45, 2.75) is 18.9 Å². The van der Waals surface area contributed by atoms with Crippen LogP contribution in [0.4, 0.5) is 0 Å². The lowest BCUT2D eigenvalue weighted by Gasteiger charge is -2.20. The van der Waals surface area contributed by atoms with E-state index < -0.39 is 0 Å². The first kappa shape index (κ1) is 13.6. The van der Waals surface area contributed by atoms with E-state index in [9.17, 15) is 4.79 Å². The normalized spacial score (nSPS) is 14.2. The average molecular weight is 282 g/mol. The van der Waals surface area contributed by atoms with Gasteiger partial charge in [-0.1, -0.05) is 43.3 Å². The van der Waals surface area contributed by atoms with Gasteiger partial charge >= 0.3 is 5.76 Å². The van der Waals surface area contributed by atoms with E-state index >= 15 is 0 Å². The summed E-state index contributed by atoms with van der Waals surface area (Å²) in [4.78, 5) is 11.5. The van der Waals surface area contributed by atoms with Gasteiger partial charge < -0.3 is 10.2 Å². The van der Waals surface area contributed by atoms with Gasteiger partial charge in [0.25, 0.3) is 0 Å². The number of hydrogen-bond acceptors (Lipinski definition) is 3. The fourth-order valence-electron chi connectivity index (χ4n) is 2.61. The van der Waals surface area contributed by atoms with Crippen molar-refractivity contribution < 1.29 is 4.42 Å². The Labute approximate surface area is 122 Å². The Morgan fingerprint density at radius 1 is 1.10 bits per heavy atom. The molecule has 2 N–H and O–H groups in total. The van der Waals surface area contributed by atoms with Crippen molar-refractivity contribution in [2.24, 2.45) is 12.8 Å². The molecule has 0 spiro atoms. The standard InChI is InChI=1S/C17H18N2O2/c1-11(12-6-4-3-5-7-12)16(18)13-8-9-14-15(10-13)21-17(20)19(14)2/h3-11,16H,18H2,1-2H3. The summed E-state index contributed by atoms with van der Waals surface area (Å²) >= 11 is 0. The lowest BCUT2D eigenvalue weighted by Crippen LogP contribution is -2.17. The molecule has 4 heteroatoms. The van der Waals surface area contributed by atoms with E-state index in [0.717, 1.165) is 11.1 Å². The van der Waals surface area contributed by atoms with E-state index in [-0.39, 0.29) is 17.7 Å². The maximum Gasteiger partial charge on any atom is 0.419 e. The average Bonchev–Trinajstić information content (AvgIpc) is 2.81. The van der Waals surface area contributed by atoms with Crippen LogP contribution in [0.1, 0.15) is 30.0 Å². The second-order valence-corrected chi connectivity index (χ2v) is 5.38. The highest BCUT2D eigenvalue weighted by Gasteiger charge is 2.18. The molecule has 21 heavy (non-hydrogen) atoms. The van der Waals surface area contributed by atoms with Crippen molar-refractivity contribution in [3.8, 4) is 0 Å². The van der Waals surface area contributed by atoms with E-state index in [1.54, 1.807) is 7.05 Å². The Balaban J connectivity index is 1.98. The van der Waals surface area contributed by atoms with Crippen LogP contribution in [0.2, 0.25) is 0 Å². The molecule has 0 amide bonds. The number of aromatic nitrogens is 1. The lowest BCUT2D eigenvalue weighted by molar-refractivity contribution is 0.526. The Hall–Kier alpha value is -2.33. The largest absolute Gasteiger partial charge is 0.419 e. The van der Waals surface area contributed by atoms with Gasteiger partial charge in [-0.25, -0.2) is 4.79 Å². The molecule has 1 heterocycles. The van der Waals surface area contributed by atoms with Crippen LogP contribution in [0, 0.1) is 0 Å². The lowest BCUT2D eigenvalue weighted by atomic mass is 9.89. The Bertz CT molecular complexity index is 818. The Morgan fingerprint density at radius 3 is 2.52 bits per heavy atom. The van der Waals surface area contributed by atoms with Crippen molar-refractivity contribution in [3.05, 3.63) is 70.2 Å². The summed E-state index contributed by atoms with van der Waals surface area (Å²) in [6.45, 7) is 2.10. The Kier molecular flexibility index (Phi) is 3.39. The van der Waals surface area contributed by atoms with Gasteiger partial charge in [0.05, 0.1) is 5.52 Å². The smallest absolute Gasteiger partial charge is 0.408 e. The quantitative estimate of drug-likeness (QED) is 0.803. The van der Waals surface area contributed by atoms with E-state index in [4.69, 9.17) is 10.2 Å². The molecule has 0 fully saturated rings. The van der Waals surface area contributed by atoms with Crippen LogP contribution in [0.3, 0.4) is 0 Å². The molecule has 0 saturated heterocycles. The topological polar surface area (TPSA) is 61.2 Å². The number of benzene rings is 2. The Morgan fingerprint density at radius 2 is 1.81 bits per heavy atom. The van der Waals surface area contributed by atoms with Crippen LogP contribution in [0.5, 0.6) is 0 Å². The summed E-state index contributed by atoms with van der Waals surface area (Å²) in [6, 6.07) is 15.7. The first-order valence-corrected chi connectivity index (χ1v) is 6.98. The molecule has 0 aliphatic carbocycles. The van der Waals surface area contributed by atoms with E-state index in [1.807, 2.05) is 36.4 Å². The molecule has 0 aliphatic heterocycles. The van der Waals surface area contributed by atoms with E-state index in [1.165, 1.54) is 10.1 Å². The van der Waals surface area contributed by atoms with Gasteiger partial charge in [-0.05, 0) is 23.3 Å². The molecule has 4 nitrogen and oxygen atoms in total. The number of hydrogen-bond donors (Lipinski definition) is 1. The predicted octanol–water partition coefficient (Wildman–Crippen LogP) is 2.94. The zero-order chi connectivity index (χ0) is 15.0. The fourth-order valence-corrected chi connectivity index (χ4v) is 2.61. The summed E-state index contributed by atoms with van der Waals surface area (Å²) in [5.74, 6) is -0.175. The van der Waals surface area contributed by atoms with Crippen molar-refractivity contribution in [2.75, 3.05) is 0 Å². The molecule has 2 unspecified atom stereocenters. The maximum absolute atomic E-state index is 11.5. The summed E-state index contributed by atoms with van der Waals surface area (Å²) in [6.07, 6.45) is 0. The van der Waals surface area contributed by atoms with Crippen molar-refractivity contribution in [3.63, 3.8) is 0 Å². The first-order chi connectivity index (χ1) is 10.1. The van der Waals surface area contributed by atoms with Crippen LogP contribution in [-0.4, -0.2) is 4.57 Å². The van der Waals surface area contributed by atoms with Gasteiger partial charge in [0.1, 0.15) is 0 Å². The van der Waals surface area contributed by atoms with Gasteiger partial charge in [-0.15, -0.1) is 0 Å². The van der Waals surface area contributed by atoms with Crippen LogP contribution >= 0.6 is 0 Å². The molecular formula is C17H18N2O2. The highest BCUT2D eigenvalue weighted by molar-refractivity contribution is 5.73. The second kappa shape index (κ2) is 5.22. The summed E-state index contributed by atoms with van der Waals surface area (Å²) in [5.41, 5.74) is 9.90. The SMILES string of the molecule is CC(c1ccccc1)C(N)c1ccc2c(c1)oc(=O)n2C. The third kappa shape index (κ3) is 2.38. The molecule has 3 aromatic rings. The van der Waals surface area contributed by atoms with Crippen molar-refractivity contribution >= 4 is 11.1 Å². The number of rotatable bonds is 3. The molecule has 0 aliphatic rings. The summed E-state index contributed by atoms with van der Waals surface area (Å²) < 4.78 is 6.72. The minimum absolute atomic E-state index is 0.151. The minimum Gasteiger partial charge on any atom is -0.408 e. The molecule has 0 saturated carbocycles. The molecule has 0 radical (unpaired) electrons. The molecular weight excluding hydrogens is 264 g/mol. The first-order valence-electron chi connectivity index (χ1n) is 6.98. The van der Waals surface area contributed by atoms with Crippen LogP contribution in [0.15, 0.2) is 57.7 Å². The van der Waals surface area contributed by atoms with E-state index in [2.05, 4.69) is 19.1 Å². The zero-order valence-corrected chi connectivity index (χ0v) is 12.1. The van der Waals surface area contributed by atoms with Gasteiger partial charge in [-0.3, -0.25) is 4.57 Å². The fraction of sp³-hybridized carbons (Fsp3) is 0.235. The zero-order valence-electron chi connectivity index (χ0n) is 12.1. The second-order valence-electron chi connectivity index (χ2n) is 5.38. The maximum atomic E-state index is 11.5. The summed E-state index contributed by atoms with van der Waals surface area (Å²) in [5, 5.41) is 0. The van der Waals surface area contributed by atoms with Crippen LogP contribution in [0.25, 0.3) is 11.1 Å².